The van der Waals surface area contributed by atoms with Crippen molar-refractivity contribution in [2.24, 2.45) is 0 Å². The van der Waals surface area contributed by atoms with Crippen LogP contribution in [-0.4, -0.2) is 4.98 Å². The van der Waals surface area contributed by atoms with Gasteiger partial charge in [-0.2, -0.15) is 0 Å². The van der Waals surface area contributed by atoms with E-state index in [9.17, 15) is 0 Å². The third-order valence-corrected chi connectivity index (χ3v) is 2.17. The molecule has 2 nitrogen and oxygen atoms in total. The number of oxazole rings is 1. The maximum absolute atomic E-state index is 5.19. The zero-order valence-corrected chi connectivity index (χ0v) is 7.29. The molecule has 2 rings (SSSR count). The first-order valence-electron chi connectivity index (χ1n) is 4.14. The van der Waals surface area contributed by atoms with E-state index in [0.717, 1.165) is 17.5 Å². The maximum Gasteiger partial charge on any atom is 0.181 e. The number of hydrogen-bond acceptors (Lipinski definition) is 2. The van der Waals surface area contributed by atoms with Crippen LogP contribution in [0.25, 0.3) is 11.1 Å². The Bertz CT molecular complexity index is 403. The second-order valence-corrected chi connectivity index (χ2v) is 2.95. The smallest absolute Gasteiger partial charge is 0.181 e. The van der Waals surface area contributed by atoms with Gasteiger partial charge in [0.05, 0.1) is 0 Å². The lowest BCUT2D eigenvalue weighted by atomic mass is 10.1. The number of rotatable bonds is 1. The van der Waals surface area contributed by atoms with Crippen LogP contribution >= 0.6 is 0 Å². The fraction of sp³-hybridized carbons (Fsp3) is 0.300. The first kappa shape index (κ1) is 7.35. The summed E-state index contributed by atoms with van der Waals surface area (Å²) in [5.41, 5.74) is 4.46. The predicted octanol–water partition coefficient (Wildman–Crippen LogP) is 2.70. The lowest BCUT2D eigenvalue weighted by Crippen LogP contribution is -1.85. The predicted molar refractivity (Wildman–Crippen MR) is 48.1 cm³/mol. The summed E-state index contributed by atoms with van der Waals surface area (Å²) in [6.45, 7) is 4.25. The molecule has 2 aromatic rings. The lowest BCUT2D eigenvalue weighted by molar-refractivity contribution is 0.602. The highest BCUT2D eigenvalue weighted by Gasteiger charge is 2.02. The van der Waals surface area contributed by atoms with Gasteiger partial charge in [0.15, 0.2) is 12.0 Å². The van der Waals surface area contributed by atoms with E-state index in [-0.39, 0.29) is 0 Å². The number of nitrogens with zero attached hydrogens (tertiary/aromatic N) is 1. The van der Waals surface area contributed by atoms with Gasteiger partial charge in [-0.25, -0.2) is 4.98 Å². The Morgan fingerprint density at radius 2 is 2.25 bits per heavy atom. The molecule has 0 saturated heterocycles. The molecule has 0 fully saturated rings. The fourth-order valence-corrected chi connectivity index (χ4v) is 1.43. The minimum absolute atomic E-state index is 0.879. The van der Waals surface area contributed by atoms with E-state index in [1.54, 1.807) is 0 Å². The highest BCUT2D eigenvalue weighted by Crippen LogP contribution is 2.18. The molecule has 1 heterocycles. The van der Waals surface area contributed by atoms with Crippen LogP contribution in [-0.2, 0) is 6.42 Å². The Kier molecular flexibility index (Phi) is 1.61. The topological polar surface area (TPSA) is 26.0 Å². The normalized spacial score (nSPS) is 10.8. The van der Waals surface area contributed by atoms with Gasteiger partial charge in [-0.15, -0.1) is 0 Å². The number of aromatic nitrogens is 1. The largest absolute Gasteiger partial charge is 0.443 e. The molecule has 2 heteroatoms. The molecule has 0 aliphatic rings. The van der Waals surface area contributed by atoms with Gasteiger partial charge in [-0.05, 0) is 36.6 Å². The van der Waals surface area contributed by atoms with Crippen LogP contribution in [0.15, 0.2) is 22.9 Å². The SMILES string of the molecule is CCc1cc2ncoc2cc1C. The molecule has 0 N–H and O–H groups in total. The van der Waals surface area contributed by atoms with Crippen LogP contribution in [0.5, 0.6) is 0 Å². The fourth-order valence-electron chi connectivity index (χ4n) is 1.43. The van der Waals surface area contributed by atoms with Gasteiger partial charge < -0.3 is 4.42 Å². The van der Waals surface area contributed by atoms with Crippen LogP contribution in [0.3, 0.4) is 0 Å². The van der Waals surface area contributed by atoms with Crippen LogP contribution in [0, 0.1) is 6.92 Å². The Morgan fingerprint density at radius 3 is 3.00 bits per heavy atom. The van der Waals surface area contributed by atoms with Crippen molar-refractivity contribution in [3.05, 3.63) is 29.7 Å². The van der Waals surface area contributed by atoms with Crippen LogP contribution < -0.4 is 0 Å². The van der Waals surface area contributed by atoms with E-state index >= 15 is 0 Å². The second kappa shape index (κ2) is 2.63. The highest BCUT2D eigenvalue weighted by molar-refractivity contribution is 5.74. The Labute approximate surface area is 71.2 Å². The molecule has 0 saturated carbocycles. The van der Waals surface area contributed by atoms with E-state index in [1.165, 1.54) is 17.5 Å². The summed E-state index contributed by atoms with van der Waals surface area (Å²) in [4.78, 5) is 4.10. The summed E-state index contributed by atoms with van der Waals surface area (Å²) in [5.74, 6) is 0. The molecule has 12 heavy (non-hydrogen) atoms. The lowest BCUT2D eigenvalue weighted by Gasteiger charge is -2.00. The minimum Gasteiger partial charge on any atom is -0.443 e. The zero-order chi connectivity index (χ0) is 8.55. The van der Waals surface area contributed by atoms with Gasteiger partial charge in [-0.1, -0.05) is 6.92 Å². The van der Waals surface area contributed by atoms with Crippen molar-refractivity contribution in [1.82, 2.24) is 4.98 Å². The van der Waals surface area contributed by atoms with Gasteiger partial charge in [-0.3, -0.25) is 0 Å². The van der Waals surface area contributed by atoms with Crippen molar-refractivity contribution in [1.29, 1.82) is 0 Å². The van der Waals surface area contributed by atoms with Gasteiger partial charge in [0, 0.05) is 0 Å². The Morgan fingerprint density at radius 1 is 1.42 bits per heavy atom. The zero-order valence-electron chi connectivity index (χ0n) is 7.29. The van der Waals surface area contributed by atoms with Crippen LogP contribution in [0.1, 0.15) is 18.1 Å². The summed E-state index contributed by atoms with van der Waals surface area (Å²) in [6.07, 6.45) is 2.54. The van der Waals surface area contributed by atoms with Gasteiger partial charge in [0.1, 0.15) is 5.52 Å². The molecule has 0 aliphatic heterocycles. The molecular weight excluding hydrogens is 150 g/mol. The molecule has 0 unspecified atom stereocenters. The number of hydrogen-bond donors (Lipinski definition) is 0. The third-order valence-electron chi connectivity index (χ3n) is 2.17. The maximum atomic E-state index is 5.19. The van der Waals surface area contributed by atoms with Crippen molar-refractivity contribution in [2.75, 3.05) is 0 Å². The van der Waals surface area contributed by atoms with E-state index in [2.05, 4.69) is 24.9 Å². The molecule has 0 atom stereocenters. The van der Waals surface area contributed by atoms with E-state index < -0.39 is 0 Å². The molecule has 0 bridgehead atoms. The average molecular weight is 161 g/mol. The number of fused-ring (bicyclic) bond motifs is 1. The van der Waals surface area contributed by atoms with Crippen molar-refractivity contribution < 1.29 is 4.42 Å². The minimum atomic E-state index is 0.879. The molecule has 0 spiro atoms. The van der Waals surface area contributed by atoms with Crippen molar-refractivity contribution in [3.8, 4) is 0 Å². The number of aryl methyl sites for hydroxylation is 2. The third kappa shape index (κ3) is 0.998. The van der Waals surface area contributed by atoms with Crippen LogP contribution in [0.4, 0.5) is 0 Å². The molecule has 62 valence electrons. The van der Waals surface area contributed by atoms with Crippen molar-refractivity contribution in [2.45, 2.75) is 20.3 Å². The summed E-state index contributed by atoms with van der Waals surface area (Å²) >= 11 is 0. The molecule has 0 amide bonds. The van der Waals surface area contributed by atoms with Crippen molar-refractivity contribution >= 4 is 11.1 Å². The highest BCUT2D eigenvalue weighted by atomic mass is 16.3. The molecular formula is C10H11NO. The van der Waals surface area contributed by atoms with Crippen molar-refractivity contribution in [3.63, 3.8) is 0 Å². The van der Waals surface area contributed by atoms with E-state index in [4.69, 9.17) is 4.42 Å². The Hall–Kier alpha value is -1.31. The quantitative estimate of drug-likeness (QED) is 0.642. The van der Waals surface area contributed by atoms with E-state index in [1.807, 2.05) is 6.07 Å². The standard InChI is InChI=1S/C10H11NO/c1-3-8-5-9-10(4-7(8)2)12-6-11-9/h4-6H,3H2,1-2H3. The summed E-state index contributed by atoms with van der Waals surface area (Å²) in [5, 5.41) is 0. The first-order valence-corrected chi connectivity index (χ1v) is 4.14. The van der Waals surface area contributed by atoms with E-state index in [0.29, 0.717) is 0 Å². The van der Waals surface area contributed by atoms with Gasteiger partial charge >= 0.3 is 0 Å². The van der Waals surface area contributed by atoms with Gasteiger partial charge in [0.25, 0.3) is 0 Å². The first-order chi connectivity index (χ1) is 5.81. The average Bonchev–Trinajstić information content (AvgIpc) is 2.49. The molecule has 1 aromatic carbocycles. The number of benzene rings is 1. The summed E-state index contributed by atoms with van der Waals surface area (Å²) in [7, 11) is 0. The van der Waals surface area contributed by atoms with Gasteiger partial charge in [0.2, 0.25) is 0 Å². The molecule has 1 aromatic heterocycles. The molecule has 0 aliphatic carbocycles. The summed E-state index contributed by atoms with van der Waals surface area (Å²) < 4.78 is 5.19. The summed E-state index contributed by atoms with van der Waals surface area (Å²) in [6, 6.07) is 4.13. The Balaban J connectivity index is 2.73. The second-order valence-electron chi connectivity index (χ2n) is 2.95. The monoisotopic (exact) mass is 161 g/mol. The van der Waals surface area contributed by atoms with Crippen LogP contribution in [0.2, 0.25) is 0 Å². The molecule has 0 radical (unpaired) electrons.